The number of nitrogens with one attached hydrogen (secondary N) is 2. The Morgan fingerprint density at radius 1 is 1.12 bits per heavy atom. The van der Waals surface area contributed by atoms with E-state index in [9.17, 15) is 23.1 Å². The second-order valence-electron chi connectivity index (χ2n) is 11.0. The molecule has 2 atom stereocenters. The molecule has 11 nitrogen and oxygen atoms in total. The van der Waals surface area contributed by atoms with Gasteiger partial charge in [0.1, 0.15) is 18.0 Å². The van der Waals surface area contributed by atoms with E-state index in [2.05, 4.69) is 30.9 Å². The van der Waals surface area contributed by atoms with Crippen LogP contribution in [0.2, 0.25) is 0 Å². The summed E-state index contributed by atoms with van der Waals surface area (Å²) in [6, 6.07) is 5.91. The lowest BCUT2D eigenvalue weighted by Crippen LogP contribution is -2.35. The molecule has 0 saturated heterocycles. The summed E-state index contributed by atoms with van der Waals surface area (Å²) in [4.78, 5) is 19.7. The van der Waals surface area contributed by atoms with Crippen molar-refractivity contribution in [1.82, 2.24) is 34.8 Å². The summed E-state index contributed by atoms with van der Waals surface area (Å²) in [6.45, 7) is 2.27. The summed E-state index contributed by atoms with van der Waals surface area (Å²) >= 11 is 0. The van der Waals surface area contributed by atoms with E-state index in [1.165, 1.54) is 11.0 Å². The molecule has 6 rings (SSSR count). The van der Waals surface area contributed by atoms with Crippen molar-refractivity contribution in [2.45, 2.75) is 57.6 Å². The molecule has 0 radical (unpaired) electrons. The third-order valence-electron chi connectivity index (χ3n) is 8.07. The molecule has 4 heterocycles. The van der Waals surface area contributed by atoms with Gasteiger partial charge in [0, 0.05) is 44.4 Å². The number of carbonyl (C=O) groups is 1. The number of pyridine rings is 1. The number of alkyl halides is 3. The number of carbonyl (C=O) groups excluding carboxylic acids is 1. The second kappa shape index (κ2) is 11.1. The summed E-state index contributed by atoms with van der Waals surface area (Å²) in [6.07, 6.45) is 0.299. The Hall–Kier alpha value is -4.30. The van der Waals surface area contributed by atoms with Crippen LogP contribution in [0.4, 0.5) is 24.8 Å². The molecule has 1 saturated carbocycles. The zero-order valence-electron chi connectivity index (χ0n) is 24.0. The van der Waals surface area contributed by atoms with Crippen molar-refractivity contribution in [3.63, 3.8) is 0 Å². The van der Waals surface area contributed by atoms with Gasteiger partial charge in [-0.1, -0.05) is 0 Å². The highest BCUT2D eigenvalue weighted by atomic mass is 19.4. The zero-order chi connectivity index (χ0) is 30.5. The Kier molecular flexibility index (Phi) is 7.42. The van der Waals surface area contributed by atoms with E-state index in [0.717, 1.165) is 18.9 Å². The van der Waals surface area contributed by atoms with Crippen LogP contribution >= 0.6 is 0 Å². The van der Waals surface area contributed by atoms with Crippen molar-refractivity contribution in [3.8, 4) is 22.6 Å². The average molecular weight is 596 g/mol. The number of amides is 1. The Bertz CT molecular complexity index is 1680. The molecule has 3 N–H and O–H groups in total. The third kappa shape index (κ3) is 5.36. The number of aliphatic hydroxyl groups excluding tert-OH is 1. The first-order valence-electron chi connectivity index (χ1n) is 14.1. The van der Waals surface area contributed by atoms with Gasteiger partial charge >= 0.3 is 6.18 Å². The number of aromatic nitrogens is 6. The van der Waals surface area contributed by atoms with Crippen molar-refractivity contribution in [1.29, 1.82) is 0 Å². The number of fused-ring (bicyclic) bond motifs is 1. The lowest BCUT2D eigenvalue weighted by atomic mass is 9.98. The lowest BCUT2D eigenvalue weighted by Gasteiger charge is -2.19. The summed E-state index contributed by atoms with van der Waals surface area (Å²) in [5.41, 5.74) is 1.43. The van der Waals surface area contributed by atoms with Crippen molar-refractivity contribution >= 4 is 17.5 Å². The molecular formula is C29H32F3N9O2. The Balaban J connectivity index is 1.39. The number of rotatable bonds is 8. The van der Waals surface area contributed by atoms with Gasteiger partial charge in [-0.05, 0) is 61.6 Å². The number of halogens is 3. The minimum absolute atomic E-state index is 0.00361. The molecule has 14 heteroatoms. The average Bonchev–Trinajstić information content (AvgIpc) is 3.74. The largest absolute Gasteiger partial charge is 0.416 e. The first kappa shape index (κ1) is 28.8. The molecule has 3 aromatic heterocycles. The fourth-order valence-electron chi connectivity index (χ4n) is 5.97. The van der Waals surface area contributed by atoms with Crippen molar-refractivity contribution in [2.75, 3.05) is 16.8 Å². The van der Waals surface area contributed by atoms with Gasteiger partial charge in [-0.2, -0.15) is 18.3 Å². The third-order valence-corrected chi connectivity index (χ3v) is 8.07. The van der Waals surface area contributed by atoms with Crippen LogP contribution < -0.4 is 15.5 Å². The van der Waals surface area contributed by atoms with Crippen LogP contribution in [0.1, 0.15) is 53.2 Å². The predicted molar refractivity (Wildman–Crippen MR) is 153 cm³/mol. The number of aryl methyl sites for hydroxylation is 2. The molecule has 4 aromatic rings. The van der Waals surface area contributed by atoms with Gasteiger partial charge < -0.3 is 20.3 Å². The van der Waals surface area contributed by atoms with E-state index in [1.54, 1.807) is 41.0 Å². The van der Waals surface area contributed by atoms with Crippen LogP contribution in [-0.2, 0) is 33.4 Å². The van der Waals surface area contributed by atoms with Gasteiger partial charge in [-0.25, -0.2) is 4.98 Å². The normalized spacial score (nSPS) is 18.5. The first-order chi connectivity index (χ1) is 20.5. The van der Waals surface area contributed by atoms with E-state index < -0.39 is 23.8 Å². The molecule has 226 valence electrons. The smallest absolute Gasteiger partial charge is 0.392 e. The molecule has 43 heavy (non-hydrogen) atoms. The molecule has 1 amide bonds. The fourth-order valence-corrected chi connectivity index (χ4v) is 5.97. The van der Waals surface area contributed by atoms with Crippen LogP contribution in [0.15, 0.2) is 36.8 Å². The SMILES string of the molecule is CCNc1cc(-c2c(-c3nncn3C)cnn2C)cc(N2Cc3c(cc(CN[C@@H]4CCC[C@@H]4O)cc3C(F)(F)F)C2=O)n1. The van der Waals surface area contributed by atoms with Crippen LogP contribution in [0.25, 0.3) is 22.6 Å². The van der Waals surface area contributed by atoms with Gasteiger partial charge in [-0.15, -0.1) is 10.2 Å². The fraction of sp³-hybridized carbons (Fsp3) is 0.414. The van der Waals surface area contributed by atoms with E-state index >= 15 is 0 Å². The molecule has 1 aliphatic heterocycles. The zero-order valence-corrected chi connectivity index (χ0v) is 24.0. The van der Waals surface area contributed by atoms with Crippen LogP contribution in [0.3, 0.4) is 0 Å². The summed E-state index contributed by atoms with van der Waals surface area (Å²) < 4.78 is 46.4. The van der Waals surface area contributed by atoms with Crippen LogP contribution in [0, 0.1) is 0 Å². The summed E-state index contributed by atoms with van der Waals surface area (Å²) in [5, 5.41) is 29.0. The molecule has 2 aliphatic rings. The number of benzene rings is 1. The maximum absolute atomic E-state index is 14.3. The quantitative estimate of drug-likeness (QED) is 0.280. The summed E-state index contributed by atoms with van der Waals surface area (Å²) in [7, 11) is 3.58. The Morgan fingerprint density at radius 3 is 2.60 bits per heavy atom. The molecule has 0 spiro atoms. The minimum atomic E-state index is -4.66. The monoisotopic (exact) mass is 595 g/mol. The Morgan fingerprint density at radius 2 is 1.93 bits per heavy atom. The van der Waals surface area contributed by atoms with Gasteiger partial charge in [0.15, 0.2) is 5.82 Å². The summed E-state index contributed by atoms with van der Waals surface area (Å²) in [5.74, 6) is 0.688. The first-order valence-corrected chi connectivity index (χ1v) is 14.1. The van der Waals surface area contributed by atoms with Crippen molar-refractivity contribution in [2.24, 2.45) is 14.1 Å². The number of hydrogen-bond donors (Lipinski definition) is 3. The van der Waals surface area contributed by atoms with Gasteiger partial charge in [0.05, 0.1) is 35.7 Å². The predicted octanol–water partition coefficient (Wildman–Crippen LogP) is 3.89. The molecule has 1 aliphatic carbocycles. The maximum atomic E-state index is 14.3. The van der Waals surface area contributed by atoms with E-state index in [0.29, 0.717) is 47.0 Å². The molecule has 1 aromatic carbocycles. The lowest BCUT2D eigenvalue weighted by molar-refractivity contribution is -0.138. The van der Waals surface area contributed by atoms with Gasteiger partial charge in [0.2, 0.25) is 0 Å². The van der Waals surface area contributed by atoms with Crippen LogP contribution in [0.5, 0.6) is 0 Å². The minimum Gasteiger partial charge on any atom is -0.392 e. The van der Waals surface area contributed by atoms with E-state index in [4.69, 9.17) is 0 Å². The highest BCUT2D eigenvalue weighted by Gasteiger charge is 2.41. The highest BCUT2D eigenvalue weighted by Crippen LogP contribution is 2.41. The van der Waals surface area contributed by atoms with Crippen molar-refractivity contribution < 1.29 is 23.1 Å². The number of anilines is 2. The number of hydrogen-bond acceptors (Lipinski definition) is 8. The van der Waals surface area contributed by atoms with Gasteiger partial charge in [-0.3, -0.25) is 14.4 Å². The second-order valence-corrected chi connectivity index (χ2v) is 11.0. The molecule has 0 unspecified atom stereocenters. The highest BCUT2D eigenvalue weighted by molar-refractivity contribution is 6.10. The maximum Gasteiger partial charge on any atom is 0.416 e. The Labute approximate surface area is 245 Å². The van der Waals surface area contributed by atoms with E-state index in [-0.39, 0.29) is 36.1 Å². The molecule has 0 bridgehead atoms. The number of aliphatic hydroxyl groups is 1. The van der Waals surface area contributed by atoms with Crippen molar-refractivity contribution in [3.05, 3.63) is 59.0 Å². The molecule has 1 fully saturated rings. The topological polar surface area (TPSA) is 126 Å². The van der Waals surface area contributed by atoms with Crippen LogP contribution in [-0.4, -0.2) is 59.2 Å². The number of nitrogens with zero attached hydrogens (tertiary/aromatic N) is 7. The van der Waals surface area contributed by atoms with E-state index in [1.807, 2.05) is 14.0 Å². The molecular weight excluding hydrogens is 563 g/mol. The van der Waals surface area contributed by atoms with Gasteiger partial charge in [0.25, 0.3) is 5.91 Å². The standard InChI is InChI=1S/C29H32F3N9O2/c1-4-33-24-10-17(26-19(13-36-40(26)3)27-38-35-15-39(27)2)11-25(37-24)41-14-20-18(28(41)43)8-16(9-21(20)29(30,31)32)12-34-22-6-5-7-23(22)42/h8-11,13,15,22-23,34,42H,4-7,12,14H2,1-3H3,(H,33,37)/t22-,23+/m1/s1.